The molecule has 0 bridgehead atoms. The van der Waals surface area contributed by atoms with Crippen LogP contribution in [-0.4, -0.2) is 40.0 Å². The number of nitrogens with one attached hydrogen (secondary N) is 2. The first-order chi connectivity index (χ1) is 16.0. The SMILES string of the molecule is Cc1ncc(NC(=O)CC2COC2)cc1-c1cccc(-c2cc(NC(=O)C3CC3)ncn2)c1. The largest absolute Gasteiger partial charge is 0.381 e. The van der Waals surface area contributed by atoms with E-state index in [1.165, 1.54) is 6.33 Å². The zero-order valence-corrected chi connectivity index (χ0v) is 18.4. The Balaban J connectivity index is 1.36. The summed E-state index contributed by atoms with van der Waals surface area (Å²) in [4.78, 5) is 37.4. The topological polar surface area (TPSA) is 106 Å². The third-order valence-corrected chi connectivity index (χ3v) is 5.89. The molecule has 8 nitrogen and oxygen atoms in total. The summed E-state index contributed by atoms with van der Waals surface area (Å²) in [7, 11) is 0. The van der Waals surface area contributed by atoms with Crippen LogP contribution in [0.4, 0.5) is 11.5 Å². The molecule has 3 heterocycles. The smallest absolute Gasteiger partial charge is 0.228 e. The quantitative estimate of drug-likeness (QED) is 0.575. The molecule has 2 aliphatic rings. The van der Waals surface area contributed by atoms with Gasteiger partial charge in [0.05, 0.1) is 30.8 Å². The maximum atomic E-state index is 12.3. The lowest BCUT2D eigenvalue weighted by Crippen LogP contribution is -2.31. The van der Waals surface area contributed by atoms with Crippen LogP contribution in [0.2, 0.25) is 0 Å². The van der Waals surface area contributed by atoms with Crippen LogP contribution < -0.4 is 10.6 Å². The maximum absolute atomic E-state index is 12.3. The van der Waals surface area contributed by atoms with Crippen LogP contribution in [0.15, 0.2) is 48.9 Å². The minimum atomic E-state index is -0.0320. The first-order valence-electron chi connectivity index (χ1n) is 11.1. The molecular formula is C25H25N5O3. The van der Waals surface area contributed by atoms with Crippen LogP contribution >= 0.6 is 0 Å². The molecule has 0 unspecified atom stereocenters. The number of benzene rings is 1. The van der Waals surface area contributed by atoms with Crippen molar-refractivity contribution in [3.8, 4) is 22.4 Å². The van der Waals surface area contributed by atoms with Gasteiger partial charge in [0.2, 0.25) is 11.8 Å². The van der Waals surface area contributed by atoms with Crippen molar-refractivity contribution in [3.05, 3.63) is 54.6 Å². The van der Waals surface area contributed by atoms with Crippen LogP contribution in [0.25, 0.3) is 22.4 Å². The molecule has 1 aliphatic heterocycles. The predicted molar refractivity (Wildman–Crippen MR) is 124 cm³/mol. The number of pyridine rings is 1. The molecule has 3 aromatic rings. The van der Waals surface area contributed by atoms with Crippen molar-refractivity contribution in [1.82, 2.24) is 15.0 Å². The van der Waals surface area contributed by atoms with Crippen LogP contribution in [0.1, 0.15) is 25.0 Å². The number of amides is 2. The van der Waals surface area contributed by atoms with Crippen LogP contribution in [-0.2, 0) is 14.3 Å². The number of rotatable bonds is 7. The first-order valence-corrected chi connectivity index (χ1v) is 11.1. The molecule has 2 aromatic heterocycles. The maximum Gasteiger partial charge on any atom is 0.228 e. The zero-order valence-electron chi connectivity index (χ0n) is 18.4. The molecule has 0 atom stereocenters. The van der Waals surface area contributed by atoms with Crippen molar-refractivity contribution in [2.75, 3.05) is 23.8 Å². The molecule has 0 spiro atoms. The lowest BCUT2D eigenvalue weighted by molar-refractivity contribution is -0.121. The molecule has 168 valence electrons. The molecule has 1 aromatic carbocycles. The summed E-state index contributed by atoms with van der Waals surface area (Å²) in [5, 5.41) is 5.82. The molecule has 1 saturated carbocycles. The lowest BCUT2D eigenvalue weighted by atomic mass is 10.00. The highest BCUT2D eigenvalue weighted by Gasteiger charge is 2.29. The van der Waals surface area contributed by atoms with Gasteiger partial charge in [-0.15, -0.1) is 0 Å². The van der Waals surface area contributed by atoms with E-state index < -0.39 is 0 Å². The monoisotopic (exact) mass is 443 g/mol. The number of carbonyl (C=O) groups excluding carboxylic acids is 2. The van der Waals surface area contributed by atoms with Gasteiger partial charge in [0.15, 0.2) is 0 Å². The van der Waals surface area contributed by atoms with Gasteiger partial charge in [-0.05, 0) is 37.5 Å². The summed E-state index contributed by atoms with van der Waals surface area (Å²) >= 11 is 0. The van der Waals surface area contributed by atoms with Crippen molar-refractivity contribution >= 4 is 23.3 Å². The number of aryl methyl sites for hydroxylation is 1. The van der Waals surface area contributed by atoms with E-state index in [4.69, 9.17) is 4.74 Å². The summed E-state index contributed by atoms with van der Waals surface area (Å²) in [6, 6.07) is 11.7. The first kappa shape index (κ1) is 21.2. The third-order valence-electron chi connectivity index (χ3n) is 5.89. The van der Waals surface area contributed by atoms with Gasteiger partial charge in [-0.2, -0.15) is 0 Å². The Bertz CT molecular complexity index is 1200. The molecule has 5 rings (SSSR count). The Labute approximate surface area is 191 Å². The van der Waals surface area contributed by atoms with E-state index in [0.29, 0.717) is 37.1 Å². The molecule has 2 fully saturated rings. The highest BCUT2D eigenvalue weighted by molar-refractivity contribution is 5.94. The summed E-state index contributed by atoms with van der Waals surface area (Å²) in [5.41, 5.74) is 5.03. The predicted octanol–water partition coefficient (Wildman–Crippen LogP) is 3.84. The second-order valence-electron chi connectivity index (χ2n) is 8.65. The fourth-order valence-electron chi connectivity index (χ4n) is 3.77. The molecular weight excluding hydrogens is 418 g/mol. The van der Waals surface area contributed by atoms with E-state index >= 15 is 0 Å². The van der Waals surface area contributed by atoms with Crippen molar-refractivity contribution in [2.24, 2.45) is 11.8 Å². The number of hydrogen-bond donors (Lipinski definition) is 2. The standard InChI is InChI=1S/C25H25N5O3/c1-15-21(9-20(11-26-15)29-24(31)7-16-12-33-13-16)18-3-2-4-19(8-18)22-10-23(28-14-27-22)30-25(32)17-5-6-17/h2-4,8-11,14,16-17H,5-7,12-13H2,1H3,(H,29,31)(H,27,28,30,32). The Hall–Kier alpha value is -3.65. The Kier molecular flexibility index (Phi) is 5.83. The van der Waals surface area contributed by atoms with Gasteiger partial charge in [0.25, 0.3) is 0 Å². The fraction of sp³-hybridized carbons (Fsp3) is 0.320. The van der Waals surface area contributed by atoms with Crippen molar-refractivity contribution in [1.29, 1.82) is 0 Å². The summed E-state index contributed by atoms with van der Waals surface area (Å²) in [6.07, 6.45) is 5.46. The number of aromatic nitrogens is 3. The summed E-state index contributed by atoms with van der Waals surface area (Å²) < 4.78 is 5.14. The summed E-state index contributed by atoms with van der Waals surface area (Å²) in [5.74, 6) is 0.888. The highest BCUT2D eigenvalue weighted by atomic mass is 16.5. The van der Waals surface area contributed by atoms with Gasteiger partial charge in [-0.1, -0.05) is 18.2 Å². The van der Waals surface area contributed by atoms with Crippen molar-refractivity contribution < 1.29 is 14.3 Å². The number of nitrogens with zero attached hydrogens (tertiary/aromatic N) is 3. The average molecular weight is 444 g/mol. The van der Waals surface area contributed by atoms with E-state index in [1.54, 1.807) is 12.3 Å². The molecule has 33 heavy (non-hydrogen) atoms. The second-order valence-corrected chi connectivity index (χ2v) is 8.65. The van der Waals surface area contributed by atoms with Gasteiger partial charge in [0, 0.05) is 41.1 Å². The minimum Gasteiger partial charge on any atom is -0.381 e. The van der Waals surface area contributed by atoms with Crippen molar-refractivity contribution in [3.63, 3.8) is 0 Å². The van der Waals surface area contributed by atoms with Gasteiger partial charge in [0.1, 0.15) is 12.1 Å². The van der Waals surface area contributed by atoms with Crippen LogP contribution in [0.5, 0.6) is 0 Å². The molecule has 1 saturated heterocycles. The number of ether oxygens (including phenoxy) is 1. The van der Waals surface area contributed by atoms with Crippen molar-refractivity contribution in [2.45, 2.75) is 26.2 Å². The highest BCUT2D eigenvalue weighted by Crippen LogP contribution is 2.31. The molecule has 8 heteroatoms. The second kappa shape index (κ2) is 9.07. The zero-order chi connectivity index (χ0) is 22.8. The van der Waals surface area contributed by atoms with Gasteiger partial charge < -0.3 is 15.4 Å². The number of anilines is 2. The van der Waals surface area contributed by atoms with E-state index in [0.717, 1.165) is 40.9 Å². The van der Waals surface area contributed by atoms with Gasteiger partial charge >= 0.3 is 0 Å². The van der Waals surface area contributed by atoms with E-state index in [9.17, 15) is 9.59 Å². The average Bonchev–Trinajstić information content (AvgIpc) is 3.64. The normalized spacial score (nSPS) is 15.5. The Morgan fingerprint density at radius 2 is 1.85 bits per heavy atom. The molecule has 2 amide bonds. The minimum absolute atomic E-state index is 0.0128. The summed E-state index contributed by atoms with van der Waals surface area (Å²) in [6.45, 7) is 3.23. The van der Waals surface area contributed by atoms with Crippen LogP contribution in [0, 0.1) is 18.8 Å². The van der Waals surface area contributed by atoms with E-state index in [-0.39, 0.29) is 17.7 Å². The Morgan fingerprint density at radius 1 is 1.03 bits per heavy atom. The fourth-order valence-corrected chi connectivity index (χ4v) is 3.77. The lowest BCUT2D eigenvalue weighted by Gasteiger charge is -2.25. The van der Waals surface area contributed by atoms with Gasteiger partial charge in [-0.3, -0.25) is 14.6 Å². The van der Waals surface area contributed by atoms with E-state index in [1.807, 2.05) is 37.3 Å². The molecule has 1 aliphatic carbocycles. The van der Waals surface area contributed by atoms with E-state index in [2.05, 4.69) is 25.6 Å². The number of carbonyl (C=O) groups is 2. The van der Waals surface area contributed by atoms with Gasteiger partial charge in [-0.25, -0.2) is 9.97 Å². The number of hydrogen-bond acceptors (Lipinski definition) is 6. The Morgan fingerprint density at radius 3 is 2.61 bits per heavy atom. The molecule has 2 N–H and O–H groups in total. The molecule has 0 radical (unpaired) electrons. The third kappa shape index (κ3) is 5.06. The van der Waals surface area contributed by atoms with Crippen LogP contribution in [0.3, 0.4) is 0 Å².